The number of methoxy groups -OCH3 is 1. The van der Waals surface area contributed by atoms with Crippen LogP contribution in [0, 0.1) is 10.1 Å². The maximum Gasteiger partial charge on any atom is 0.310 e. The van der Waals surface area contributed by atoms with Crippen LogP contribution in [0.1, 0.15) is 22.0 Å². The van der Waals surface area contributed by atoms with Crippen molar-refractivity contribution in [2.75, 3.05) is 26.7 Å². The first-order valence-electron chi connectivity index (χ1n) is 8.11. The average molecular weight is 376 g/mol. The Labute approximate surface area is 155 Å². The number of nitro benzene ring substituents is 1. The van der Waals surface area contributed by atoms with Gasteiger partial charge in [-0.05, 0) is 17.7 Å². The van der Waals surface area contributed by atoms with E-state index in [2.05, 4.69) is 5.32 Å². The van der Waals surface area contributed by atoms with Crippen LogP contribution in [-0.2, 0) is 0 Å². The third-order valence-electron chi connectivity index (χ3n) is 4.39. The molecule has 26 heavy (non-hydrogen) atoms. The number of rotatable bonds is 4. The third kappa shape index (κ3) is 3.49. The number of piperazine rings is 1. The molecule has 0 saturated carbocycles. The van der Waals surface area contributed by atoms with E-state index in [0.29, 0.717) is 30.2 Å². The number of carbonyl (C=O) groups is 1. The molecule has 1 fully saturated rings. The highest BCUT2D eigenvalue weighted by molar-refractivity contribution is 6.31. The van der Waals surface area contributed by atoms with Gasteiger partial charge in [-0.3, -0.25) is 14.9 Å². The lowest BCUT2D eigenvalue weighted by Gasteiger charge is -2.37. The molecule has 136 valence electrons. The molecule has 2 aromatic rings. The Morgan fingerprint density at radius 2 is 2.12 bits per heavy atom. The lowest BCUT2D eigenvalue weighted by atomic mass is 10.0. The molecule has 1 aliphatic rings. The maximum atomic E-state index is 13.1. The van der Waals surface area contributed by atoms with Gasteiger partial charge >= 0.3 is 5.69 Å². The summed E-state index contributed by atoms with van der Waals surface area (Å²) in [7, 11) is 1.34. The highest BCUT2D eigenvalue weighted by atomic mass is 35.5. The Hall–Kier alpha value is -2.64. The molecule has 1 aliphatic heterocycles. The lowest BCUT2D eigenvalue weighted by Crippen LogP contribution is -2.48. The van der Waals surface area contributed by atoms with Crippen molar-refractivity contribution >= 4 is 23.2 Å². The molecule has 0 spiro atoms. The number of benzene rings is 2. The summed E-state index contributed by atoms with van der Waals surface area (Å²) in [5, 5.41) is 14.9. The van der Waals surface area contributed by atoms with Crippen molar-refractivity contribution in [1.29, 1.82) is 0 Å². The molecule has 1 heterocycles. The van der Waals surface area contributed by atoms with E-state index >= 15 is 0 Å². The highest BCUT2D eigenvalue weighted by Gasteiger charge is 2.30. The zero-order valence-electron chi connectivity index (χ0n) is 14.1. The summed E-state index contributed by atoms with van der Waals surface area (Å²) in [4.78, 5) is 25.3. The quantitative estimate of drug-likeness (QED) is 0.655. The van der Waals surface area contributed by atoms with E-state index in [1.165, 1.54) is 25.3 Å². The molecule has 2 aromatic carbocycles. The standard InChI is InChI=1S/C18H18ClN3O4/c1-26-17-10-12(6-7-15(17)22(24)25)18(23)21-9-8-20-11-16(21)13-4-2-3-5-14(13)19/h2-7,10,16,20H,8-9,11H2,1H3. The van der Waals surface area contributed by atoms with Crippen LogP contribution in [0.3, 0.4) is 0 Å². The number of hydrogen-bond donors (Lipinski definition) is 1. The van der Waals surface area contributed by atoms with E-state index in [4.69, 9.17) is 16.3 Å². The van der Waals surface area contributed by atoms with Crippen molar-refractivity contribution in [2.24, 2.45) is 0 Å². The molecule has 1 amide bonds. The second kappa shape index (κ2) is 7.72. The van der Waals surface area contributed by atoms with E-state index in [9.17, 15) is 14.9 Å². The van der Waals surface area contributed by atoms with Crippen LogP contribution in [0.4, 0.5) is 5.69 Å². The smallest absolute Gasteiger partial charge is 0.310 e. The fourth-order valence-corrected chi connectivity index (χ4v) is 3.36. The molecule has 3 rings (SSSR count). The molecule has 8 heteroatoms. The van der Waals surface area contributed by atoms with Crippen molar-refractivity contribution in [3.8, 4) is 5.75 Å². The van der Waals surface area contributed by atoms with Crippen molar-refractivity contribution < 1.29 is 14.5 Å². The van der Waals surface area contributed by atoms with Crippen LogP contribution in [0.5, 0.6) is 5.75 Å². The average Bonchev–Trinajstić information content (AvgIpc) is 2.67. The van der Waals surface area contributed by atoms with Crippen molar-refractivity contribution in [3.63, 3.8) is 0 Å². The number of amides is 1. The summed E-state index contributed by atoms with van der Waals surface area (Å²) >= 11 is 6.32. The van der Waals surface area contributed by atoms with Crippen LogP contribution >= 0.6 is 11.6 Å². The maximum absolute atomic E-state index is 13.1. The molecule has 1 unspecified atom stereocenters. The van der Waals surface area contributed by atoms with Crippen LogP contribution in [-0.4, -0.2) is 42.5 Å². The summed E-state index contributed by atoms with van der Waals surface area (Å²) in [5.41, 5.74) is 1.03. The zero-order chi connectivity index (χ0) is 18.7. The molecule has 7 nitrogen and oxygen atoms in total. The van der Waals surface area contributed by atoms with Gasteiger partial charge in [-0.15, -0.1) is 0 Å². The SMILES string of the molecule is COc1cc(C(=O)N2CCNCC2c2ccccc2Cl)ccc1[N+](=O)[O-]. The van der Waals surface area contributed by atoms with Crippen molar-refractivity contribution in [3.05, 3.63) is 68.7 Å². The Kier molecular flexibility index (Phi) is 5.39. The Morgan fingerprint density at radius 3 is 2.81 bits per heavy atom. The van der Waals surface area contributed by atoms with E-state index < -0.39 is 4.92 Å². The topological polar surface area (TPSA) is 84.7 Å². The van der Waals surface area contributed by atoms with Gasteiger partial charge in [0, 0.05) is 42.4 Å². The molecular formula is C18H18ClN3O4. The summed E-state index contributed by atoms with van der Waals surface area (Å²) in [6, 6.07) is 11.4. The van der Waals surface area contributed by atoms with Gasteiger partial charge in [0.15, 0.2) is 5.75 Å². The molecule has 0 bridgehead atoms. The van der Waals surface area contributed by atoms with Gasteiger partial charge in [0.2, 0.25) is 0 Å². The molecule has 1 atom stereocenters. The fraction of sp³-hybridized carbons (Fsp3) is 0.278. The number of nitro groups is 1. The number of hydrogen-bond acceptors (Lipinski definition) is 5. The zero-order valence-corrected chi connectivity index (χ0v) is 14.9. The van der Waals surface area contributed by atoms with Gasteiger partial charge in [-0.1, -0.05) is 29.8 Å². The molecule has 0 aliphatic carbocycles. The largest absolute Gasteiger partial charge is 0.490 e. The first-order valence-corrected chi connectivity index (χ1v) is 8.49. The van der Waals surface area contributed by atoms with Crippen molar-refractivity contribution in [1.82, 2.24) is 10.2 Å². The van der Waals surface area contributed by atoms with Crippen LogP contribution < -0.4 is 10.1 Å². The fourth-order valence-electron chi connectivity index (χ4n) is 3.10. The summed E-state index contributed by atoms with van der Waals surface area (Å²) in [6.07, 6.45) is 0. The second-order valence-electron chi connectivity index (χ2n) is 5.88. The number of carbonyl (C=O) groups excluding carboxylic acids is 1. The summed E-state index contributed by atoms with van der Waals surface area (Å²) < 4.78 is 5.07. The van der Waals surface area contributed by atoms with Gasteiger partial charge in [0.05, 0.1) is 18.1 Å². The van der Waals surface area contributed by atoms with Gasteiger partial charge in [-0.2, -0.15) is 0 Å². The molecule has 1 N–H and O–H groups in total. The Bertz CT molecular complexity index is 843. The van der Waals surface area contributed by atoms with Gasteiger partial charge in [0.25, 0.3) is 5.91 Å². The monoisotopic (exact) mass is 375 g/mol. The number of ether oxygens (including phenoxy) is 1. The molecule has 0 aromatic heterocycles. The van der Waals surface area contributed by atoms with E-state index in [1.807, 2.05) is 18.2 Å². The van der Waals surface area contributed by atoms with Crippen LogP contribution in [0.15, 0.2) is 42.5 Å². The van der Waals surface area contributed by atoms with Gasteiger partial charge in [-0.25, -0.2) is 0 Å². The molecule has 1 saturated heterocycles. The number of halogens is 1. The van der Waals surface area contributed by atoms with Gasteiger partial charge in [0.1, 0.15) is 0 Å². The van der Waals surface area contributed by atoms with Crippen LogP contribution in [0.2, 0.25) is 5.02 Å². The van der Waals surface area contributed by atoms with E-state index in [1.54, 1.807) is 11.0 Å². The Balaban J connectivity index is 1.94. The molecule has 0 radical (unpaired) electrons. The third-order valence-corrected chi connectivity index (χ3v) is 4.74. The van der Waals surface area contributed by atoms with Crippen molar-refractivity contribution in [2.45, 2.75) is 6.04 Å². The first-order chi connectivity index (χ1) is 12.5. The minimum atomic E-state index is -0.537. The lowest BCUT2D eigenvalue weighted by molar-refractivity contribution is -0.385. The predicted molar refractivity (Wildman–Crippen MR) is 97.7 cm³/mol. The highest BCUT2D eigenvalue weighted by Crippen LogP contribution is 2.32. The summed E-state index contributed by atoms with van der Waals surface area (Å²) in [6.45, 7) is 1.75. The molecular weight excluding hydrogens is 358 g/mol. The second-order valence-corrected chi connectivity index (χ2v) is 6.29. The number of nitrogens with one attached hydrogen (secondary N) is 1. The predicted octanol–water partition coefficient (Wildman–Crippen LogP) is 3.04. The van der Waals surface area contributed by atoms with E-state index in [-0.39, 0.29) is 23.4 Å². The first kappa shape index (κ1) is 18.2. The minimum Gasteiger partial charge on any atom is -0.490 e. The van der Waals surface area contributed by atoms with Crippen LogP contribution in [0.25, 0.3) is 0 Å². The Morgan fingerprint density at radius 1 is 1.35 bits per heavy atom. The number of nitrogens with zero attached hydrogens (tertiary/aromatic N) is 2. The van der Waals surface area contributed by atoms with Gasteiger partial charge < -0.3 is 15.0 Å². The minimum absolute atomic E-state index is 0.0604. The van der Waals surface area contributed by atoms with E-state index in [0.717, 1.165) is 5.56 Å². The normalized spacial score (nSPS) is 17.0. The summed E-state index contributed by atoms with van der Waals surface area (Å²) in [5.74, 6) is -0.158.